The molecule has 0 radical (unpaired) electrons. The second-order valence-electron chi connectivity index (χ2n) is 7.55. The van der Waals surface area contributed by atoms with E-state index in [1.165, 1.54) is 64.2 Å². The van der Waals surface area contributed by atoms with E-state index in [0.717, 1.165) is 29.4 Å². The summed E-state index contributed by atoms with van der Waals surface area (Å²) in [4.78, 5) is 0. The lowest BCUT2D eigenvalue weighted by Gasteiger charge is -2.06. The fourth-order valence-electron chi connectivity index (χ4n) is 3.26. The molecular formula is C25H37N3O. The van der Waals surface area contributed by atoms with Gasteiger partial charge in [-0.05, 0) is 55.0 Å². The lowest BCUT2D eigenvalue weighted by Crippen LogP contribution is -2.00. The van der Waals surface area contributed by atoms with Crippen LogP contribution in [0, 0.1) is 0 Å². The van der Waals surface area contributed by atoms with Crippen molar-refractivity contribution in [2.75, 3.05) is 19.0 Å². The zero-order chi connectivity index (χ0) is 20.6. The standard InChI is InChI=1S/C25H37N3O/c1-3-4-5-6-7-8-9-10-11-12-21-26-22-13-15-23(16-14-22)27-28-24-17-19-25(29-2)20-18-24/h13-20,26H,3-12,21H2,1-2H3. The third-order valence-corrected chi connectivity index (χ3v) is 5.08. The predicted molar refractivity (Wildman–Crippen MR) is 124 cm³/mol. The molecule has 0 saturated heterocycles. The smallest absolute Gasteiger partial charge is 0.119 e. The molecule has 0 atom stereocenters. The van der Waals surface area contributed by atoms with Crippen molar-refractivity contribution in [1.29, 1.82) is 0 Å². The van der Waals surface area contributed by atoms with Crippen LogP contribution >= 0.6 is 0 Å². The summed E-state index contributed by atoms with van der Waals surface area (Å²) in [7, 11) is 1.66. The zero-order valence-electron chi connectivity index (χ0n) is 18.2. The maximum absolute atomic E-state index is 5.15. The van der Waals surface area contributed by atoms with Gasteiger partial charge in [0.25, 0.3) is 0 Å². The van der Waals surface area contributed by atoms with Crippen LogP contribution in [0.25, 0.3) is 0 Å². The quantitative estimate of drug-likeness (QED) is 0.243. The maximum atomic E-state index is 5.15. The fourth-order valence-corrected chi connectivity index (χ4v) is 3.26. The number of ether oxygens (including phenoxy) is 1. The Bertz CT molecular complexity index is 680. The summed E-state index contributed by atoms with van der Waals surface area (Å²) in [6.07, 6.45) is 13.7. The molecule has 0 aliphatic carbocycles. The van der Waals surface area contributed by atoms with Crippen LogP contribution in [0.3, 0.4) is 0 Å². The molecule has 2 aromatic carbocycles. The SMILES string of the molecule is CCCCCCCCCCCCNc1ccc(N=Nc2ccc(OC)cc2)cc1. The third-order valence-electron chi connectivity index (χ3n) is 5.08. The number of benzene rings is 2. The number of rotatable bonds is 15. The number of nitrogens with one attached hydrogen (secondary N) is 1. The monoisotopic (exact) mass is 395 g/mol. The van der Waals surface area contributed by atoms with Crippen LogP contribution in [0.5, 0.6) is 5.75 Å². The minimum atomic E-state index is 0.814. The highest BCUT2D eigenvalue weighted by Crippen LogP contribution is 2.22. The van der Waals surface area contributed by atoms with Gasteiger partial charge in [-0.3, -0.25) is 0 Å². The molecule has 1 N–H and O–H groups in total. The van der Waals surface area contributed by atoms with E-state index in [1.807, 2.05) is 36.4 Å². The molecule has 2 aromatic rings. The van der Waals surface area contributed by atoms with Gasteiger partial charge in [-0.15, -0.1) is 0 Å². The summed E-state index contributed by atoms with van der Waals surface area (Å²) in [6.45, 7) is 3.31. The number of anilines is 1. The molecule has 0 aromatic heterocycles. The summed E-state index contributed by atoms with van der Waals surface area (Å²) >= 11 is 0. The minimum Gasteiger partial charge on any atom is -0.497 e. The summed E-state index contributed by atoms with van der Waals surface area (Å²) in [5, 5.41) is 12.1. The molecule has 0 aliphatic rings. The van der Waals surface area contributed by atoms with Crippen molar-refractivity contribution in [1.82, 2.24) is 0 Å². The van der Waals surface area contributed by atoms with Crippen molar-refractivity contribution in [3.8, 4) is 5.75 Å². The highest BCUT2D eigenvalue weighted by Gasteiger charge is 1.96. The van der Waals surface area contributed by atoms with Crippen molar-refractivity contribution < 1.29 is 4.74 Å². The van der Waals surface area contributed by atoms with E-state index < -0.39 is 0 Å². The normalized spacial score (nSPS) is 11.1. The van der Waals surface area contributed by atoms with Crippen LogP contribution in [-0.4, -0.2) is 13.7 Å². The second kappa shape index (κ2) is 14.6. The van der Waals surface area contributed by atoms with E-state index in [9.17, 15) is 0 Å². The highest BCUT2D eigenvalue weighted by atomic mass is 16.5. The minimum absolute atomic E-state index is 0.814. The number of hydrogen-bond acceptors (Lipinski definition) is 4. The van der Waals surface area contributed by atoms with Gasteiger partial charge in [-0.2, -0.15) is 10.2 Å². The van der Waals surface area contributed by atoms with Crippen LogP contribution in [-0.2, 0) is 0 Å². The molecule has 0 unspecified atom stereocenters. The molecule has 0 fully saturated rings. The van der Waals surface area contributed by atoms with Crippen molar-refractivity contribution in [2.24, 2.45) is 10.2 Å². The first kappa shape index (κ1) is 22.9. The summed E-state index contributed by atoms with van der Waals surface area (Å²) in [5.41, 5.74) is 2.81. The highest BCUT2D eigenvalue weighted by molar-refractivity contribution is 5.51. The lowest BCUT2D eigenvalue weighted by atomic mass is 10.1. The van der Waals surface area contributed by atoms with Crippen LogP contribution in [0.15, 0.2) is 58.8 Å². The molecule has 0 spiro atoms. The van der Waals surface area contributed by atoms with Crippen molar-refractivity contribution in [3.63, 3.8) is 0 Å². The number of azo groups is 1. The van der Waals surface area contributed by atoms with Gasteiger partial charge < -0.3 is 10.1 Å². The van der Waals surface area contributed by atoms with Crippen LogP contribution in [0.2, 0.25) is 0 Å². The molecular weight excluding hydrogens is 358 g/mol. The molecule has 4 nitrogen and oxygen atoms in total. The Morgan fingerprint density at radius 3 is 1.66 bits per heavy atom. The average molecular weight is 396 g/mol. The van der Waals surface area contributed by atoms with Gasteiger partial charge in [0.15, 0.2) is 0 Å². The van der Waals surface area contributed by atoms with Crippen molar-refractivity contribution >= 4 is 17.1 Å². The van der Waals surface area contributed by atoms with Gasteiger partial charge in [0.05, 0.1) is 18.5 Å². The van der Waals surface area contributed by atoms with Crippen LogP contribution in [0.4, 0.5) is 17.1 Å². The molecule has 0 amide bonds. The van der Waals surface area contributed by atoms with E-state index in [0.29, 0.717) is 0 Å². The van der Waals surface area contributed by atoms with Gasteiger partial charge in [-0.25, -0.2) is 0 Å². The molecule has 0 heterocycles. The number of methoxy groups -OCH3 is 1. The largest absolute Gasteiger partial charge is 0.497 e. The Labute approximate surface area is 176 Å². The van der Waals surface area contributed by atoms with Crippen molar-refractivity contribution in [2.45, 2.75) is 71.1 Å². The fraction of sp³-hybridized carbons (Fsp3) is 0.520. The first-order chi connectivity index (χ1) is 14.3. The number of hydrogen-bond donors (Lipinski definition) is 1. The van der Waals surface area contributed by atoms with E-state index in [2.05, 4.69) is 34.6 Å². The van der Waals surface area contributed by atoms with Gasteiger partial charge in [0.2, 0.25) is 0 Å². The molecule has 4 heteroatoms. The van der Waals surface area contributed by atoms with Gasteiger partial charge >= 0.3 is 0 Å². The molecule has 158 valence electrons. The average Bonchev–Trinajstić information content (AvgIpc) is 2.77. The number of unbranched alkanes of at least 4 members (excludes halogenated alkanes) is 9. The lowest BCUT2D eigenvalue weighted by molar-refractivity contribution is 0.415. The summed E-state index contributed by atoms with van der Waals surface area (Å²) in [5.74, 6) is 0.821. The first-order valence-corrected chi connectivity index (χ1v) is 11.2. The van der Waals surface area contributed by atoms with E-state index in [4.69, 9.17) is 4.74 Å². The Morgan fingerprint density at radius 2 is 1.14 bits per heavy atom. The zero-order valence-corrected chi connectivity index (χ0v) is 18.2. The Kier molecular flexibility index (Phi) is 11.6. The third kappa shape index (κ3) is 10.1. The van der Waals surface area contributed by atoms with Crippen molar-refractivity contribution in [3.05, 3.63) is 48.5 Å². The predicted octanol–water partition coefficient (Wildman–Crippen LogP) is 8.44. The van der Waals surface area contributed by atoms with Crippen LogP contribution in [0.1, 0.15) is 71.1 Å². The van der Waals surface area contributed by atoms with Crippen LogP contribution < -0.4 is 10.1 Å². The Balaban J connectivity index is 1.56. The van der Waals surface area contributed by atoms with Gasteiger partial charge in [0.1, 0.15) is 5.75 Å². The molecule has 0 aliphatic heterocycles. The van der Waals surface area contributed by atoms with E-state index in [-0.39, 0.29) is 0 Å². The molecule has 29 heavy (non-hydrogen) atoms. The Hall–Kier alpha value is -2.36. The summed E-state index contributed by atoms with van der Waals surface area (Å²) < 4.78 is 5.15. The van der Waals surface area contributed by atoms with E-state index >= 15 is 0 Å². The topological polar surface area (TPSA) is 46.0 Å². The first-order valence-electron chi connectivity index (χ1n) is 11.2. The molecule has 0 bridgehead atoms. The number of nitrogens with zero attached hydrogens (tertiary/aromatic N) is 2. The second-order valence-corrected chi connectivity index (χ2v) is 7.55. The summed E-state index contributed by atoms with van der Waals surface area (Å²) in [6, 6.07) is 15.7. The van der Waals surface area contributed by atoms with E-state index in [1.54, 1.807) is 7.11 Å². The van der Waals surface area contributed by atoms with Gasteiger partial charge in [-0.1, -0.05) is 64.7 Å². The molecule has 2 rings (SSSR count). The molecule has 0 saturated carbocycles. The maximum Gasteiger partial charge on any atom is 0.119 e. The van der Waals surface area contributed by atoms with Gasteiger partial charge in [0, 0.05) is 12.2 Å². The Morgan fingerprint density at radius 1 is 0.655 bits per heavy atom.